The van der Waals surface area contributed by atoms with Gasteiger partial charge in [-0.2, -0.15) is 5.10 Å². The highest BCUT2D eigenvalue weighted by molar-refractivity contribution is 7.99. The third-order valence-electron chi connectivity index (χ3n) is 2.52. The van der Waals surface area contributed by atoms with Gasteiger partial charge >= 0.3 is 0 Å². The van der Waals surface area contributed by atoms with Gasteiger partial charge in [-0.05, 0) is 24.6 Å². The van der Waals surface area contributed by atoms with Gasteiger partial charge in [0.25, 0.3) is 5.56 Å². The number of hydrogen-bond acceptors (Lipinski definition) is 6. The van der Waals surface area contributed by atoms with Gasteiger partial charge in [0, 0.05) is 0 Å². The predicted octanol–water partition coefficient (Wildman–Crippen LogP) is 1.21. The zero-order valence-corrected chi connectivity index (χ0v) is 12.4. The number of aromatic amines is 1. The molecule has 2 N–H and O–H groups in total. The quantitative estimate of drug-likeness (QED) is 0.806. The Morgan fingerprint density at radius 2 is 2.29 bits per heavy atom. The van der Waals surface area contributed by atoms with Crippen LogP contribution in [0.25, 0.3) is 0 Å². The molecule has 0 unspecified atom stereocenters. The number of aromatic nitrogens is 3. The molecule has 21 heavy (non-hydrogen) atoms. The minimum Gasteiger partial charge on any atom is -0.495 e. The maximum absolute atomic E-state index is 11.9. The number of anilines is 1. The average molecular weight is 306 g/mol. The highest BCUT2D eigenvalue weighted by Crippen LogP contribution is 2.25. The van der Waals surface area contributed by atoms with Gasteiger partial charge in [-0.1, -0.05) is 17.8 Å². The van der Waals surface area contributed by atoms with Crippen molar-refractivity contribution in [2.24, 2.45) is 0 Å². The van der Waals surface area contributed by atoms with Gasteiger partial charge in [0.1, 0.15) is 11.9 Å². The number of rotatable bonds is 5. The van der Waals surface area contributed by atoms with Gasteiger partial charge in [0.05, 0.1) is 18.6 Å². The molecule has 8 heteroatoms. The third-order valence-corrected chi connectivity index (χ3v) is 3.39. The Morgan fingerprint density at radius 1 is 1.48 bits per heavy atom. The molecule has 0 atom stereocenters. The van der Waals surface area contributed by atoms with Gasteiger partial charge < -0.3 is 10.1 Å². The fraction of sp³-hybridized carbons (Fsp3) is 0.231. The van der Waals surface area contributed by atoms with Crippen molar-refractivity contribution in [1.29, 1.82) is 0 Å². The lowest BCUT2D eigenvalue weighted by Crippen LogP contribution is -2.16. The van der Waals surface area contributed by atoms with Crippen LogP contribution < -0.4 is 15.6 Å². The average Bonchev–Trinajstić information content (AvgIpc) is 2.47. The summed E-state index contributed by atoms with van der Waals surface area (Å²) < 4.78 is 5.21. The summed E-state index contributed by atoms with van der Waals surface area (Å²) >= 11 is 1.10. The van der Waals surface area contributed by atoms with Crippen LogP contribution in [-0.4, -0.2) is 34.0 Å². The van der Waals surface area contributed by atoms with E-state index in [0.717, 1.165) is 23.5 Å². The summed E-state index contributed by atoms with van der Waals surface area (Å²) in [7, 11) is 1.55. The van der Waals surface area contributed by atoms with E-state index in [4.69, 9.17) is 4.74 Å². The van der Waals surface area contributed by atoms with E-state index in [0.29, 0.717) is 16.6 Å². The van der Waals surface area contributed by atoms with E-state index < -0.39 is 0 Å². The van der Waals surface area contributed by atoms with Crippen LogP contribution in [0, 0.1) is 6.92 Å². The molecule has 0 aliphatic carbocycles. The van der Waals surface area contributed by atoms with Crippen molar-refractivity contribution in [3.8, 4) is 5.75 Å². The topological polar surface area (TPSA) is 97.0 Å². The van der Waals surface area contributed by atoms with Crippen LogP contribution in [0.3, 0.4) is 0 Å². The molecule has 0 bridgehead atoms. The number of nitrogens with zero attached hydrogens (tertiary/aromatic N) is 2. The van der Waals surface area contributed by atoms with Crippen molar-refractivity contribution >= 4 is 23.4 Å². The SMILES string of the molecule is COc1cc(C)ccc1NC(=O)CSc1nncc(=O)[nH]1. The largest absolute Gasteiger partial charge is 0.495 e. The summed E-state index contributed by atoms with van der Waals surface area (Å²) in [6, 6.07) is 5.50. The summed E-state index contributed by atoms with van der Waals surface area (Å²) in [5.41, 5.74) is 1.28. The van der Waals surface area contributed by atoms with E-state index in [1.165, 1.54) is 0 Å². The normalized spacial score (nSPS) is 10.2. The van der Waals surface area contributed by atoms with Crippen molar-refractivity contribution in [3.63, 3.8) is 0 Å². The Labute approximate surface area is 125 Å². The molecule has 2 aromatic rings. The van der Waals surface area contributed by atoms with E-state index in [1.807, 2.05) is 19.1 Å². The van der Waals surface area contributed by atoms with Crippen molar-refractivity contribution in [3.05, 3.63) is 40.3 Å². The van der Waals surface area contributed by atoms with Gasteiger partial charge in [-0.3, -0.25) is 14.6 Å². The Balaban J connectivity index is 1.97. The first kappa shape index (κ1) is 15.0. The predicted molar refractivity (Wildman–Crippen MR) is 79.7 cm³/mol. The lowest BCUT2D eigenvalue weighted by molar-refractivity contribution is -0.113. The summed E-state index contributed by atoms with van der Waals surface area (Å²) in [6.45, 7) is 1.94. The van der Waals surface area contributed by atoms with Crippen LogP contribution in [0.15, 0.2) is 34.3 Å². The second-order valence-electron chi connectivity index (χ2n) is 4.18. The zero-order valence-electron chi connectivity index (χ0n) is 11.5. The first-order valence-electron chi connectivity index (χ1n) is 6.08. The number of nitrogens with one attached hydrogen (secondary N) is 2. The molecule has 1 amide bonds. The number of H-pyrrole nitrogens is 1. The van der Waals surface area contributed by atoms with E-state index in [9.17, 15) is 9.59 Å². The second-order valence-corrected chi connectivity index (χ2v) is 5.14. The molecule has 0 aliphatic rings. The molecular weight excluding hydrogens is 292 g/mol. The molecule has 0 radical (unpaired) electrons. The summed E-state index contributed by atoms with van der Waals surface area (Å²) in [5.74, 6) is 0.473. The molecule has 1 heterocycles. The molecule has 110 valence electrons. The molecular formula is C13H14N4O3S. The summed E-state index contributed by atoms with van der Waals surface area (Å²) in [6.07, 6.45) is 1.07. The highest BCUT2D eigenvalue weighted by Gasteiger charge is 2.09. The van der Waals surface area contributed by atoms with Crippen LogP contribution in [0.5, 0.6) is 5.75 Å². The molecule has 0 fully saturated rings. The van der Waals surface area contributed by atoms with Gasteiger partial charge in [0.15, 0.2) is 5.16 Å². The zero-order chi connectivity index (χ0) is 15.2. The number of aryl methyl sites for hydroxylation is 1. The molecule has 0 aliphatic heterocycles. The maximum Gasteiger partial charge on any atom is 0.270 e. The number of carbonyl (C=O) groups excluding carboxylic acids is 1. The standard InChI is InChI=1S/C13H14N4O3S/c1-8-3-4-9(10(5-8)20-2)15-12(19)7-21-13-16-11(18)6-14-17-13/h3-6H,7H2,1-2H3,(H,15,19)(H,16,17,18). The van der Waals surface area contributed by atoms with Gasteiger partial charge in [0.2, 0.25) is 5.91 Å². The fourth-order valence-electron chi connectivity index (χ4n) is 1.58. The summed E-state index contributed by atoms with van der Waals surface area (Å²) in [4.78, 5) is 25.4. The smallest absolute Gasteiger partial charge is 0.270 e. The van der Waals surface area contributed by atoms with Gasteiger partial charge in [-0.25, -0.2) is 0 Å². The van der Waals surface area contributed by atoms with Crippen LogP contribution in [0.4, 0.5) is 5.69 Å². The molecule has 1 aromatic carbocycles. The fourth-order valence-corrected chi connectivity index (χ4v) is 2.20. The van der Waals surface area contributed by atoms with Crippen molar-refractivity contribution in [2.75, 3.05) is 18.2 Å². The molecule has 0 saturated heterocycles. The summed E-state index contributed by atoms with van der Waals surface area (Å²) in [5, 5.41) is 10.3. The van der Waals surface area contributed by atoms with Gasteiger partial charge in [-0.15, -0.1) is 5.10 Å². The number of benzene rings is 1. The Morgan fingerprint density at radius 3 is 3.00 bits per heavy atom. The molecule has 0 saturated carbocycles. The third kappa shape index (κ3) is 4.32. The maximum atomic E-state index is 11.9. The highest BCUT2D eigenvalue weighted by atomic mass is 32.2. The lowest BCUT2D eigenvalue weighted by atomic mass is 10.2. The van der Waals surface area contributed by atoms with Crippen molar-refractivity contribution in [2.45, 2.75) is 12.1 Å². The monoisotopic (exact) mass is 306 g/mol. The number of thioether (sulfide) groups is 1. The first-order chi connectivity index (χ1) is 10.1. The van der Waals surface area contributed by atoms with Crippen LogP contribution >= 0.6 is 11.8 Å². The molecule has 1 aromatic heterocycles. The first-order valence-corrected chi connectivity index (χ1v) is 7.06. The van der Waals surface area contributed by atoms with Crippen molar-refractivity contribution < 1.29 is 9.53 Å². The molecule has 0 spiro atoms. The van der Waals surface area contributed by atoms with Crippen LogP contribution in [0.2, 0.25) is 0 Å². The van der Waals surface area contributed by atoms with E-state index in [2.05, 4.69) is 20.5 Å². The Kier molecular flexibility index (Phi) is 4.94. The van der Waals surface area contributed by atoms with Crippen molar-refractivity contribution in [1.82, 2.24) is 15.2 Å². The molecule has 2 rings (SSSR count). The Bertz CT molecular complexity index is 702. The van der Waals surface area contributed by atoms with Crippen LogP contribution in [0.1, 0.15) is 5.56 Å². The minimum absolute atomic E-state index is 0.103. The Hall–Kier alpha value is -2.35. The van der Waals surface area contributed by atoms with Crippen LogP contribution in [-0.2, 0) is 4.79 Å². The number of ether oxygens (including phenoxy) is 1. The second kappa shape index (κ2) is 6.89. The van der Waals surface area contributed by atoms with E-state index >= 15 is 0 Å². The number of carbonyl (C=O) groups is 1. The van der Waals surface area contributed by atoms with E-state index in [1.54, 1.807) is 13.2 Å². The minimum atomic E-state index is -0.354. The number of methoxy groups -OCH3 is 1. The number of amides is 1. The molecule has 7 nitrogen and oxygen atoms in total. The number of hydrogen-bond donors (Lipinski definition) is 2. The van der Waals surface area contributed by atoms with E-state index in [-0.39, 0.29) is 17.2 Å². The lowest BCUT2D eigenvalue weighted by Gasteiger charge is -2.10.